The SMILES string of the molecule is Cc1cc(NC(=O)COC(=O)[C@H](NC(=O)C23CC4CC(CC(C4)C2)C3)C(C)C)no1. The molecule has 30 heavy (non-hydrogen) atoms. The number of amides is 2. The molecule has 1 heterocycles. The number of carbonyl (C=O) groups is 3. The van der Waals surface area contributed by atoms with Crippen molar-refractivity contribution in [2.24, 2.45) is 29.1 Å². The normalized spacial score (nSPS) is 30.2. The van der Waals surface area contributed by atoms with E-state index < -0.39 is 24.5 Å². The molecule has 4 fully saturated rings. The maximum atomic E-state index is 13.3. The average molecular weight is 418 g/mol. The third-order valence-corrected chi connectivity index (χ3v) is 6.97. The minimum Gasteiger partial charge on any atom is -0.454 e. The number of hydrogen-bond acceptors (Lipinski definition) is 6. The first-order valence-corrected chi connectivity index (χ1v) is 10.9. The first kappa shape index (κ1) is 20.9. The second-order valence-electron chi connectivity index (χ2n) is 9.87. The number of esters is 1. The number of anilines is 1. The summed E-state index contributed by atoms with van der Waals surface area (Å²) in [6.07, 6.45) is 6.56. The van der Waals surface area contributed by atoms with Gasteiger partial charge in [-0.3, -0.25) is 9.59 Å². The van der Waals surface area contributed by atoms with Crippen molar-refractivity contribution >= 4 is 23.6 Å². The molecule has 4 aliphatic carbocycles. The Hall–Kier alpha value is -2.38. The number of nitrogens with one attached hydrogen (secondary N) is 2. The first-order valence-electron chi connectivity index (χ1n) is 10.9. The predicted octanol–water partition coefficient (Wildman–Crippen LogP) is 2.82. The number of carbonyl (C=O) groups excluding carboxylic acids is 3. The average Bonchev–Trinajstić information content (AvgIpc) is 3.07. The van der Waals surface area contributed by atoms with Gasteiger partial charge < -0.3 is 19.9 Å². The lowest BCUT2D eigenvalue weighted by Gasteiger charge is -2.55. The van der Waals surface area contributed by atoms with Gasteiger partial charge in [-0.25, -0.2) is 4.79 Å². The molecule has 4 bridgehead atoms. The van der Waals surface area contributed by atoms with Gasteiger partial charge in [0.15, 0.2) is 12.4 Å². The number of ether oxygens (including phenoxy) is 1. The van der Waals surface area contributed by atoms with Gasteiger partial charge in [0.05, 0.1) is 0 Å². The predicted molar refractivity (Wildman–Crippen MR) is 108 cm³/mol. The fourth-order valence-corrected chi connectivity index (χ4v) is 6.01. The Morgan fingerprint density at radius 3 is 2.27 bits per heavy atom. The summed E-state index contributed by atoms with van der Waals surface area (Å²) in [6, 6.07) is 0.801. The van der Waals surface area contributed by atoms with Crippen LogP contribution in [0, 0.1) is 36.0 Å². The largest absolute Gasteiger partial charge is 0.454 e. The number of hydrogen-bond donors (Lipinski definition) is 2. The van der Waals surface area contributed by atoms with E-state index in [2.05, 4.69) is 15.8 Å². The van der Waals surface area contributed by atoms with Gasteiger partial charge in [0.2, 0.25) is 5.91 Å². The van der Waals surface area contributed by atoms with Crippen LogP contribution < -0.4 is 10.6 Å². The van der Waals surface area contributed by atoms with Gasteiger partial charge in [-0.05, 0) is 69.1 Å². The van der Waals surface area contributed by atoms with E-state index >= 15 is 0 Å². The second-order valence-corrected chi connectivity index (χ2v) is 9.87. The van der Waals surface area contributed by atoms with E-state index in [0.717, 1.165) is 19.3 Å². The highest BCUT2D eigenvalue weighted by Crippen LogP contribution is 2.60. The van der Waals surface area contributed by atoms with Gasteiger partial charge in [0, 0.05) is 11.5 Å². The summed E-state index contributed by atoms with van der Waals surface area (Å²) in [4.78, 5) is 38.0. The van der Waals surface area contributed by atoms with Crippen molar-refractivity contribution in [2.75, 3.05) is 11.9 Å². The van der Waals surface area contributed by atoms with Gasteiger partial charge >= 0.3 is 5.97 Å². The van der Waals surface area contributed by atoms with E-state index in [4.69, 9.17) is 9.26 Å². The summed E-state index contributed by atoms with van der Waals surface area (Å²) in [5.74, 6) is 1.53. The van der Waals surface area contributed by atoms with E-state index in [-0.39, 0.29) is 23.1 Å². The zero-order valence-corrected chi connectivity index (χ0v) is 17.9. The molecule has 0 aromatic carbocycles. The van der Waals surface area contributed by atoms with Crippen molar-refractivity contribution in [1.82, 2.24) is 10.5 Å². The van der Waals surface area contributed by atoms with Crippen molar-refractivity contribution < 1.29 is 23.6 Å². The molecule has 0 saturated heterocycles. The van der Waals surface area contributed by atoms with Gasteiger partial charge in [-0.1, -0.05) is 19.0 Å². The minimum atomic E-state index is -0.771. The molecule has 8 heteroatoms. The van der Waals surface area contributed by atoms with Crippen LogP contribution in [0.3, 0.4) is 0 Å². The summed E-state index contributed by atoms with van der Waals surface area (Å²) in [5, 5.41) is 9.16. The number of aromatic nitrogens is 1. The van der Waals surface area contributed by atoms with Crippen LogP contribution in [0.15, 0.2) is 10.6 Å². The third kappa shape index (κ3) is 4.23. The molecule has 1 aromatic heterocycles. The first-order chi connectivity index (χ1) is 14.2. The molecule has 164 valence electrons. The molecule has 5 rings (SSSR count). The highest BCUT2D eigenvalue weighted by molar-refractivity contribution is 5.93. The summed E-state index contributed by atoms with van der Waals surface area (Å²) in [7, 11) is 0. The Kier molecular flexibility index (Phi) is 5.59. The molecular formula is C22H31N3O5. The molecule has 4 saturated carbocycles. The Balaban J connectivity index is 1.33. The Labute approximate surface area is 176 Å². The standard InChI is InChI=1S/C22H31N3O5/c1-12(2)19(20(27)29-11-18(26)23-17-4-13(3)30-25-17)24-21(28)22-8-14-5-15(9-22)7-16(6-14)10-22/h4,12,14-16,19H,5-11H2,1-3H3,(H,24,28)(H,23,25,26)/t14?,15?,16?,19-,22?/m1/s1. The van der Waals surface area contributed by atoms with Crippen LogP contribution in [0.2, 0.25) is 0 Å². The molecule has 1 aromatic rings. The molecule has 0 unspecified atom stereocenters. The van der Waals surface area contributed by atoms with Crippen molar-refractivity contribution in [3.63, 3.8) is 0 Å². The van der Waals surface area contributed by atoms with Crippen LogP contribution in [0.4, 0.5) is 5.82 Å². The van der Waals surface area contributed by atoms with E-state index in [1.807, 2.05) is 13.8 Å². The molecule has 1 atom stereocenters. The van der Waals surface area contributed by atoms with Crippen LogP contribution in [0.1, 0.15) is 58.1 Å². The lowest BCUT2D eigenvalue weighted by Crippen LogP contribution is -2.57. The zero-order chi connectivity index (χ0) is 21.5. The smallest absolute Gasteiger partial charge is 0.329 e. The van der Waals surface area contributed by atoms with Crippen molar-refractivity contribution in [3.05, 3.63) is 11.8 Å². The molecule has 8 nitrogen and oxygen atoms in total. The Morgan fingerprint density at radius 2 is 1.77 bits per heavy atom. The van der Waals surface area contributed by atoms with Crippen molar-refractivity contribution in [3.8, 4) is 0 Å². The monoisotopic (exact) mass is 417 g/mol. The second kappa shape index (κ2) is 8.04. The summed E-state index contributed by atoms with van der Waals surface area (Å²) >= 11 is 0. The molecular weight excluding hydrogens is 386 g/mol. The quantitative estimate of drug-likeness (QED) is 0.660. The zero-order valence-electron chi connectivity index (χ0n) is 17.9. The van der Waals surface area contributed by atoms with E-state index in [9.17, 15) is 14.4 Å². The molecule has 4 aliphatic rings. The number of rotatable bonds is 7. The lowest BCUT2D eigenvalue weighted by molar-refractivity contribution is -0.156. The molecule has 0 spiro atoms. The lowest BCUT2D eigenvalue weighted by atomic mass is 9.49. The molecule has 2 amide bonds. The van der Waals surface area contributed by atoms with Crippen molar-refractivity contribution in [1.29, 1.82) is 0 Å². The summed E-state index contributed by atoms with van der Waals surface area (Å²) in [6.45, 7) is 5.00. The fraction of sp³-hybridized carbons (Fsp3) is 0.727. The van der Waals surface area contributed by atoms with E-state index in [1.54, 1.807) is 13.0 Å². The molecule has 0 radical (unpaired) electrons. The van der Waals surface area contributed by atoms with Crippen LogP contribution in [-0.2, 0) is 19.1 Å². The maximum absolute atomic E-state index is 13.3. The number of nitrogens with zero attached hydrogens (tertiary/aromatic N) is 1. The van der Waals surface area contributed by atoms with Gasteiger partial charge in [0.1, 0.15) is 11.8 Å². The van der Waals surface area contributed by atoms with Gasteiger partial charge in [-0.15, -0.1) is 0 Å². The highest BCUT2D eigenvalue weighted by atomic mass is 16.5. The fourth-order valence-electron chi connectivity index (χ4n) is 6.01. The molecule has 0 aliphatic heterocycles. The Morgan fingerprint density at radius 1 is 1.17 bits per heavy atom. The van der Waals surface area contributed by atoms with Crippen LogP contribution >= 0.6 is 0 Å². The van der Waals surface area contributed by atoms with Crippen LogP contribution in [0.25, 0.3) is 0 Å². The van der Waals surface area contributed by atoms with E-state index in [0.29, 0.717) is 23.5 Å². The van der Waals surface area contributed by atoms with Gasteiger partial charge in [0.25, 0.3) is 5.91 Å². The minimum absolute atomic E-state index is 0.0141. The summed E-state index contributed by atoms with van der Waals surface area (Å²) < 4.78 is 10.1. The van der Waals surface area contributed by atoms with Crippen LogP contribution in [-0.4, -0.2) is 35.6 Å². The van der Waals surface area contributed by atoms with Gasteiger partial charge in [-0.2, -0.15) is 0 Å². The topological polar surface area (TPSA) is 111 Å². The summed E-state index contributed by atoms with van der Waals surface area (Å²) in [5.41, 5.74) is -0.329. The van der Waals surface area contributed by atoms with Crippen LogP contribution in [0.5, 0.6) is 0 Å². The van der Waals surface area contributed by atoms with E-state index in [1.165, 1.54) is 19.3 Å². The maximum Gasteiger partial charge on any atom is 0.329 e. The number of aryl methyl sites for hydroxylation is 1. The molecule has 2 N–H and O–H groups in total. The van der Waals surface area contributed by atoms with Crippen molar-refractivity contribution in [2.45, 2.75) is 65.3 Å². The Bertz CT molecular complexity index is 795. The third-order valence-electron chi connectivity index (χ3n) is 6.97. The highest BCUT2D eigenvalue weighted by Gasteiger charge is 2.55.